The summed E-state index contributed by atoms with van der Waals surface area (Å²) in [6.45, 7) is 6.88. The minimum absolute atomic E-state index is 0.204. The summed E-state index contributed by atoms with van der Waals surface area (Å²) in [5.41, 5.74) is 0. The smallest absolute Gasteiger partial charge is 0.164 e. The van der Waals surface area contributed by atoms with E-state index in [1.165, 1.54) is 0 Å². The van der Waals surface area contributed by atoms with Crippen LogP contribution in [0.5, 0.6) is 0 Å². The Bertz CT molecular complexity index is 298. The van der Waals surface area contributed by atoms with Gasteiger partial charge in [-0.1, -0.05) is 0 Å². The average Bonchev–Trinajstić information content (AvgIpc) is 2.38. The zero-order valence-corrected chi connectivity index (χ0v) is 10.4. The number of Topliss-reactive ketones (excluding diaryl/α,β-unsaturated/α-hetero) is 1. The van der Waals surface area contributed by atoms with Crippen LogP contribution in [0.1, 0.15) is 19.8 Å². The average molecular weight is 239 g/mol. The van der Waals surface area contributed by atoms with E-state index in [9.17, 15) is 4.79 Å². The zero-order chi connectivity index (χ0) is 12.1. The second-order valence-electron chi connectivity index (χ2n) is 4.55. The second-order valence-corrected chi connectivity index (χ2v) is 4.55. The van der Waals surface area contributed by atoms with E-state index in [-0.39, 0.29) is 11.9 Å². The van der Waals surface area contributed by atoms with Crippen LogP contribution in [0.25, 0.3) is 0 Å². The molecular weight excluding hydrogens is 218 g/mol. The van der Waals surface area contributed by atoms with Crippen molar-refractivity contribution in [2.45, 2.75) is 25.9 Å². The predicted molar refractivity (Wildman–Crippen MR) is 66.4 cm³/mol. The highest BCUT2D eigenvalue weighted by atomic mass is 16.5. The SMILES string of the molecule is CC1=NCCCN1CCC(=O)C1CNCCO1. The summed E-state index contributed by atoms with van der Waals surface area (Å²) in [6.07, 6.45) is 1.40. The fourth-order valence-corrected chi connectivity index (χ4v) is 2.22. The van der Waals surface area contributed by atoms with Gasteiger partial charge in [0.25, 0.3) is 0 Å². The lowest BCUT2D eigenvalue weighted by atomic mass is 10.1. The quantitative estimate of drug-likeness (QED) is 0.753. The van der Waals surface area contributed by atoms with E-state index in [2.05, 4.69) is 15.2 Å². The maximum atomic E-state index is 11.9. The van der Waals surface area contributed by atoms with Gasteiger partial charge >= 0.3 is 0 Å². The molecule has 0 aromatic carbocycles. The summed E-state index contributed by atoms with van der Waals surface area (Å²) < 4.78 is 5.45. The summed E-state index contributed by atoms with van der Waals surface area (Å²) in [5.74, 6) is 1.27. The number of hydrogen-bond donors (Lipinski definition) is 1. The first-order chi connectivity index (χ1) is 8.27. The van der Waals surface area contributed by atoms with Crippen LogP contribution in [0.2, 0.25) is 0 Å². The Morgan fingerprint density at radius 3 is 3.24 bits per heavy atom. The van der Waals surface area contributed by atoms with E-state index in [1.807, 2.05) is 6.92 Å². The second kappa shape index (κ2) is 6.12. The molecule has 17 heavy (non-hydrogen) atoms. The van der Waals surface area contributed by atoms with Crippen LogP contribution >= 0.6 is 0 Å². The van der Waals surface area contributed by atoms with Crippen molar-refractivity contribution in [3.63, 3.8) is 0 Å². The molecule has 1 atom stereocenters. The predicted octanol–water partition coefficient (Wildman–Crippen LogP) is 0.0581. The van der Waals surface area contributed by atoms with E-state index in [1.54, 1.807) is 0 Å². The van der Waals surface area contributed by atoms with Crippen LogP contribution in [0.3, 0.4) is 0 Å². The molecule has 2 rings (SSSR count). The summed E-state index contributed by atoms with van der Waals surface area (Å²) in [6, 6.07) is 0. The van der Waals surface area contributed by atoms with Crippen LogP contribution in [0, 0.1) is 0 Å². The zero-order valence-electron chi connectivity index (χ0n) is 10.4. The molecule has 0 amide bonds. The lowest BCUT2D eigenvalue weighted by Crippen LogP contribution is -2.44. The first-order valence-corrected chi connectivity index (χ1v) is 6.38. The minimum atomic E-state index is -0.245. The Morgan fingerprint density at radius 2 is 2.53 bits per heavy atom. The number of rotatable bonds is 4. The number of aliphatic imine (C=N–C) groups is 1. The van der Waals surface area contributed by atoms with Crippen LogP contribution in [0.4, 0.5) is 0 Å². The lowest BCUT2D eigenvalue weighted by molar-refractivity contribution is -0.132. The standard InChI is InChI=1S/C12H21N3O2/c1-10-14-4-2-6-15(10)7-3-11(16)12-9-13-5-8-17-12/h12-13H,2-9H2,1H3. The number of amidine groups is 1. The number of ether oxygens (including phenoxy) is 1. The van der Waals surface area contributed by atoms with Gasteiger partial charge < -0.3 is 15.0 Å². The van der Waals surface area contributed by atoms with Crippen molar-refractivity contribution in [2.24, 2.45) is 4.99 Å². The first kappa shape index (κ1) is 12.5. The van der Waals surface area contributed by atoms with Crippen LogP contribution < -0.4 is 5.32 Å². The fourth-order valence-electron chi connectivity index (χ4n) is 2.22. The molecule has 2 heterocycles. The molecule has 1 unspecified atom stereocenters. The van der Waals surface area contributed by atoms with Gasteiger partial charge in [-0.05, 0) is 13.3 Å². The first-order valence-electron chi connectivity index (χ1n) is 6.38. The Balaban J connectivity index is 1.75. The van der Waals surface area contributed by atoms with E-state index >= 15 is 0 Å². The molecular formula is C12H21N3O2. The lowest BCUT2D eigenvalue weighted by Gasteiger charge is -2.28. The van der Waals surface area contributed by atoms with Crippen LogP contribution in [0.15, 0.2) is 4.99 Å². The Labute approximate surface area is 102 Å². The van der Waals surface area contributed by atoms with Crippen molar-refractivity contribution in [1.29, 1.82) is 0 Å². The van der Waals surface area contributed by atoms with Gasteiger partial charge in [-0.15, -0.1) is 0 Å². The van der Waals surface area contributed by atoms with Crippen molar-refractivity contribution in [3.05, 3.63) is 0 Å². The molecule has 5 heteroatoms. The Hall–Kier alpha value is -0.940. The maximum Gasteiger partial charge on any atom is 0.164 e. The molecule has 2 aliphatic rings. The van der Waals surface area contributed by atoms with Gasteiger partial charge in [0.2, 0.25) is 0 Å². The summed E-state index contributed by atoms with van der Waals surface area (Å²) in [5, 5.41) is 3.18. The molecule has 96 valence electrons. The third kappa shape index (κ3) is 3.51. The highest BCUT2D eigenvalue weighted by Crippen LogP contribution is 2.06. The number of carbonyl (C=O) groups excluding carboxylic acids is 1. The largest absolute Gasteiger partial charge is 0.368 e. The monoisotopic (exact) mass is 239 g/mol. The topological polar surface area (TPSA) is 53.9 Å². The van der Waals surface area contributed by atoms with Crippen molar-refractivity contribution in [2.75, 3.05) is 39.3 Å². The van der Waals surface area contributed by atoms with Crippen molar-refractivity contribution >= 4 is 11.6 Å². The van der Waals surface area contributed by atoms with Gasteiger partial charge in [0.15, 0.2) is 5.78 Å². The van der Waals surface area contributed by atoms with Crippen molar-refractivity contribution in [1.82, 2.24) is 10.2 Å². The van der Waals surface area contributed by atoms with Gasteiger partial charge in [-0.3, -0.25) is 9.79 Å². The number of morpholine rings is 1. The van der Waals surface area contributed by atoms with Gasteiger partial charge in [-0.25, -0.2) is 0 Å². The molecule has 0 saturated carbocycles. The van der Waals surface area contributed by atoms with Crippen LogP contribution in [-0.2, 0) is 9.53 Å². The van der Waals surface area contributed by atoms with E-state index in [0.717, 1.165) is 38.4 Å². The molecule has 2 aliphatic heterocycles. The molecule has 5 nitrogen and oxygen atoms in total. The summed E-state index contributed by atoms with van der Waals surface area (Å²) in [7, 11) is 0. The highest BCUT2D eigenvalue weighted by molar-refractivity contribution is 5.85. The van der Waals surface area contributed by atoms with Crippen molar-refractivity contribution in [3.8, 4) is 0 Å². The molecule has 0 aromatic rings. The van der Waals surface area contributed by atoms with Gasteiger partial charge in [0.1, 0.15) is 6.10 Å². The Morgan fingerprint density at radius 1 is 1.65 bits per heavy atom. The van der Waals surface area contributed by atoms with Gasteiger partial charge in [0.05, 0.1) is 12.4 Å². The molecule has 0 radical (unpaired) electrons. The number of carbonyl (C=O) groups is 1. The summed E-state index contributed by atoms with van der Waals surface area (Å²) >= 11 is 0. The minimum Gasteiger partial charge on any atom is -0.368 e. The molecule has 1 fully saturated rings. The van der Waals surface area contributed by atoms with E-state index < -0.39 is 0 Å². The van der Waals surface area contributed by atoms with Gasteiger partial charge in [-0.2, -0.15) is 0 Å². The molecule has 1 saturated heterocycles. The summed E-state index contributed by atoms with van der Waals surface area (Å²) in [4.78, 5) is 18.5. The molecule has 0 aromatic heterocycles. The third-order valence-electron chi connectivity index (χ3n) is 3.30. The normalized spacial score (nSPS) is 25.6. The maximum absolute atomic E-state index is 11.9. The number of nitrogens with one attached hydrogen (secondary N) is 1. The van der Waals surface area contributed by atoms with E-state index in [0.29, 0.717) is 19.6 Å². The molecule has 0 aliphatic carbocycles. The number of ketones is 1. The molecule has 0 spiro atoms. The molecule has 0 bridgehead atoms. The van der Waals surface area contributed by atoms with Crippen molar-refractivity contribution < 1.29 is 9.53 Å². The highest BCUT2D eigenvalue weighted by Gasteiger charge is 2.22. The van der Waals surface area contributed by atoms with Crippen LogP contribution in [-0.4, -0.2) is 62.0 Å². The fraction of sp³-hybridized carbons (Fsp3) is 0.833. The molecule has 1 N–H and O–H groups in total. The van der Waals surface area contributed by atoms with Gasteiger partial charge in [0, 0.05) is 39.1 Å². The van der Waals surface area contributed by atoms with E-state index in [4.69, 9.17) is 4.74 Å². The third-order valence-corrected chi connectivity index (χ3v) is 3.30. The Kier molecular flexibility index (Phi) is 4.50. The number of nitrogens with zero attached hydrogens (tertiary/aromatic N) is 2. The number of hydrogen-bond acceptors (Lipinski definition) is 5.